The van der Waals surface area contributed by atoms with Crippen molar-refractivity contribution in [1.29, 1.82) is 0 Å². The topological polar surface area (TPSA) is 74.2 Å². The smallest absolute Gasteiger partial charge is 0.321 e. The van der Waals surface area contributed by atoms with Gasteiger partial charge in [-0.25, -0.2) is 14.2 Å². The van der Waals surface area contributed by atoms with Crippen LogP contribution in [-0.2, 0) is 6.61 Å². The fourth-order valence-electron chi connectivity index (χ4n) is 0.976. The molecule has 84 valence electrons. The van der Waals surface area contributed by atoms with Crippen LogP contribution in [0.4, 0.5) is 15.0 Å². The number of rotatable bonds is 3. The molecule has 1 aromatic rings. The summed E-state index contributed by atoms with van der Waals surface area (Å²) in [5, 5.41) is 13.3. The Labute approximate surface area is 91.7 Å². The minimum Gasteiger partial charge on any atom is -0.392 e. The van der Waals surface area contributed by atoms with E-state index < -0.39 is 18.5 Å². The van der Waals surface area contributed by atoms with Gasteiger partial charge in [0.05, 0.1) is 13.2 Å². The second-order valence-electron chi connectivity index (χ2n) is 2.80. The van der Waals surface area contributed by atoms with Crippen LogP contribution >= 0.6 is 0 Å². The molecule has 1 aromatic heterocycles. The number of hydrogen-bond donors (Lipinski definition) is 3. The van der Waals surface area contributed by atoms with Gasteiger partial charge >= 0.3 is 6.03 Å². The highest BCUT2D eigenvalue weighted by atomic mass is 19.1. The van der Waals surface area contributed by atoms with Crippen LogP contribution in [0.15, 0.2) is 12.3 Å². The SMILES string of the molecule is C#CCNC(=O)Nc1nccc(CO)c1F. The Morgan fingerprint density at radius 1 is 1.69 bits per heavy atom. The zero-order valence-electron chi connectivity index (χ0n) is 8.33. The number of aliphatic hydroxyl groups excluding tert-OH is 1. The van der Waals surface area contributed by atoms with Gasteiger partial charge in [-0.15, -0.1) is 6.42 Å². The van der Waals surface area contributed by atoms with Gasteiger partial charge in [0.25, 0.3) is 0 Å². The number of nitrogens with one attached hydrogen (secondary N) is 2. The molecule has 0 radical (unpaired) electrons. The minimum absolute atomic E-state index is 0.0349. The number of hydrogen-bond acceptors (Lipinski definition) is 3. The van der Waals surface area contributed by atoms with Crippen molar-refractivity contribution in [2.75, 3.05) is 11.9 Å². The third-order valence-electron chi connectivity index (χ3n) is 1.72. The van der Waals surface area contributed by atoms with Crippen LogP contribution < -0.4 is 10.6 Å². The van der Waals surface area contributed by atoms with Crippen LogP contribution in [0.1, 0.15) is 5.56 Å². The van der Waals surface area contributed by atoms with E-state index in [1.807, 2.05) is 0 Å². The Balaban J connectivity index is 2.74. The van der Waals surface area contributed by atoms with Gasteiger partial charge in [0, 0.05) is 11.8 Å². The Kier molecular flexibility index (Phi) is 4.24. The summed E-state index contributed by atoms with van der Waals surface area (Å²) in [7, 11) is 0. The molecule has 6 heteroatoms. The number of aromatic nitrogens is 1. The van der Waals surface area contributed by atoms with Crippen molar-refractivity contribution in [3.63, 3.8) is 0 Å². The maximum absolute atomic E-state index is 13.5. The molecule has 0 saturated carbocycles. The van der Waals surface area contributed by atoms with Gasteiger partial charge in [-0.2, -0.15) is 0 Å². The van der Waals surface area contributed by atoms with Crippen LogP contribution in [-0.4, -0.2) is 22.7 Å². The van der Waals surface area contributed by atoms with E-state index in [1.165, 1.54) is 12.3 Å². The molecule has 0 aliphatic carbocycles. The fraction of sp³-hybridized carbons (Fsp3) is 0.200. The van der Waals surface area contributed by atoms with Crippen LogP contribution in [0.25, 0.3) is 0 Å². The first kappa shape index (κ1) is 11.9. The molecule has 1 rings (SSSR count). The fourth-order valence-corrected chi connectivity index (χ4v) is 0.976. The average molecular weight is 223 g/mol. The molecule has 0 unspecified atom stereocenters. The predicted molar refractivity (Wildman–Crippen MR) is 56.0 cm³/mol. The van der Waals surface area contributed by atoms with Gasteiger partial charge in [0.15, 0.2) is 11.6 Å². The summed E-state index contributed by atoms with van der Waals surface area (Å²) in [6.07, 6.45) is 6.21. The molecule has 0 fully saturated rings. The third kappa shape index (κ3) is 2.93. The number of terminal acetylenes is 1. The maximum Gasteiger partial charge on any atom is 0.321 e. The number of carbonyl (C=O) groups excluding carboxylic acids is 1. The number of carbonyl (C=O) groups is 1. The first-order chi connectivity index (χ1) is 7.69. The van der Waals surface area contributed by atoms with E-state index in [0.717, 1.165) is 0 Å². The summed E-state index contributed by atoms with van der Waals surface area (Å²) in [5.74, 6) is 1.18. The summed E-state index contributed by atoms with van der Waals surface area (Å²) in [6.45, 7) is -0.428. The van der Waals surface area contributed by atoms with Gasteiger partial charge in [-0.05, 0) is 6.07 Å². The molecule has 16 heavy (non-hydrogen) atoms. The molecule has 5 nitrogen and oxygen atoms in total. The third-order valence-corrected chi connectivity index (χ3v) is 1.72. The van der Waals surface area contributed by atoms with Gasteiger partial charge in [-0.3, -0.25) is 5.32 Å². The Morgan fingerprint density at radius 2 is 2.44 bits per heavy atom. The van der Waals surface area contributed by atoms with Crippen molar-refractivity contribution in [2.45, 2.75) is 6.61 Å². The number of nitrogens with zero attached hydrogens (tertiary/aromatic N) is 1. The van der Waals surface area contributed by atoms with Crippen molar-refractivity contribution in [3.8, 4) is 12.3 Å². The Bertz CT molecular complexity index is 429. The van der Waals surface area contributed by atoms with Gasteiger partial charge in [0.1, 0.15) is 0 Å². The molecule has 0 aromatic carbocycles. The number of amides is 2. The highest BCUT2D eigenvalue weighted by Gasteiger charge is 2.10. The van der Waals surface area contributed by atoms with E-state index in [9.17, 15) is 9.18 Å². The molecule has 0 bridgehead atoms. The monoisotopic (exact) mass is 223 g/mol. The summed E-state index contributed by atoms with van der Waals surface area (Å²) in [6, 6.07) is 0.666. The molecule has 1 heterocycles. The number of pyridine rings is 1. The highest BCUT2D eigenvalue weighted by molar-refractivity contribution is 5.88. The van der Waals surface area contributed by atoms with Crippen molar-refractivity contribution in [3.05, 3.63) is 23.6 Å². The molecule has 3 N–H and O–H groups in total. The van der Waals surface area contributed by atoms with Crippen LogP contribution in [0.3, 0.4) is 0 Å². The minimum atomic E-state index is -0.763. The molecule has 2 amide bonds. The van der Waals surface area contributed by atoms with Crippen molar-refractivity contribution in [1.82, 2.24) is 10.3 Å². The molecule has 0 saturated heterocycles. The first-order valence-corrected chi connectivity index (χ1v) is 4.41. The normalized spacial score (nSPS) is 9.31. The highest BCUT2D eigenvalue weighted by Crippen LogP contribution is 2.14. The lowest BCUT2D eigenvalue weighted by Gasteiger charge is -2.07. The van der Waals surface area contributed by atoms with E-state index in [4.69, 9.17) is 11.5 Å². The van der Waals surface area contributed by atoms with Crippen LogP contribution in [0.2, 0.25) is 0 Å². The molecule has 0 aliphatic rings. The standard InChI is InChI=1S/C10H10FN3O2/c1-2-4-13-10(16)14-9-8(11)7(6-15)3-5-12-9/h1,3,5,15H,4,6H2,(H2,12,13,14,16). The van der Waals surface area contributed by atoms with Crippen molar-refractivity contribution >= 4 is 11.8 Å². The lowest BCUT2D eigenvalue weighted by Crippen LogP contribution is -2.29. The van der Waals surface area contributed by atoms with E-state index >= 15 is 0 Å². The molecular formula is C10H10FN3O2. The van der Waals surface area contributed by atoms with E-state index in [2.05, 4.69) is 21.5 Å². The lowest BCUT2D eigenvalue weighted by atomic mass is 10.2. The molecule has 0 atom stereocenters. The molecular weight excluding hydrogens is 213 g/mol. The maximum atomic E-state index is 13.5. The van der Waals surface area contributed by atoms with Crippen molar-refractivity contribution < 1.29 is 14.3 Å². The zero-order chi connectivity index (χ0) is 12.0. The molecule has 0 spiro atoms. The van der Waals surface area contributed by atoms with Gasteiger partial charge < -0.3 is 10.4 Å². The number of anilines is 1. The number of urea groups is 1. The summed E-state index contributed by atoms with van der Waals surface area (Å²) in [4.78, 5) is 14.8. The first-order valence-electron chi connectivity index (χ1n) is 4.41. The molecule has 0 aliphatic heterocycles. The second-order valence-corrected chi connectivity index (χ2v) is 2.80. The Morgan fingerprint density at radius 3 is 3.06 bits per heavy atom. The van der Waals surface area contributed by atoms with E-state index in [0.29, 0.717) is 0 Å². The van der Waals surface area contributed by atoms with E-state index in [1.54, 1.807) is 0 Å². The van der Waals surface area contributed by atoms with Crippen LogP contribution in [0, 0.1) is 18.2 Å². The van der Waals surface area contributed by atoms with Crippen molar-refractivity contribution in [2.24, 2.45) is 0 Å². The van der Waals surface area contributed by atoms with E-state index in [-0.39, 0.29) is 17.9 Å². The summed E-state index contributed by atoms with van der Waals surface area (Å²) >= 11 is 0. The number of aliphatic hydroxyl groups is 1. The largest absolute Gasteiger partial charge is 0.392 e. The summed E-state index contributed by atoms with van der Waals surface area (Å²) < 4.78 is 13.5. The zero-order valence-corrected chi connectivity index (χ0v) is 8.33. The van der Waals surface area contributed by atoms with Gasteiger partial charge in [-0.1, -0.05) is 5.92 Å². The lowest BCUT2D eigenvalue weighted by molar-refractivity contribution is 0.252. The summed E-state index contributed by atoms with van der Waals surface area (Å²) in [5.41, 5.74) is 0.0576. The second kappa shape index (κ2) is 5.68. The predicted octanol–water partition coefficient (Wildman–Crippen LogP) is 0.468. The number of halogens is 1. The quantitative estimate of drug-likeness (QED) is 0.652. The van der Waals surface area contributed by atoms with Crippen LogP contribution in [0.5, 0.6) is 0 Å². The van der Waals surface area contributed by atoms with Gasteiger partial charge in [0.2, 0.25) is 0 Å². The average Bonchev–Trinajstić information content (AvgIpc) is 2.29. The Hall–Kier alpha value is -2.13.